The standard InChI is InChI=1S/C25H13Cl7N2O4/c26-10-9-15(22(35)11-5-7-12(27)8-6-11)33(23(36)13-3-1-2-4-14(13)28)34-24(37)16-17(25(34)38)19(30)21(32)20(31)18(16)29/h1-8,15H,9-10H2/t15-/m0/s1. The van der Waals surface area contributed by atoms with E-state index in [0.717, 1.165) is 5.01 Å². The fraction of sp³-hybridized carbons (Fsp3) is 0.120. The van der Waals surface area contributed by atoms with Crippen LogP contribution in [-0.2, 0) is 0 Å². The Hall–Kier alpha value is -2.03. The molecule has 3 aromatic rings. The second kappa shape index (κ2) is 11.6. The number of carbonyl (C=O) groups is 4. The molecular weight excluding hydrogens is 640 g/mol. The van der Waals surface area contributed by atoms with Crippen LogP contribution in [0.3, 0.4) is 0 Å². The number of halogens is 7. The highest BCUT2D eigenvalue weighted by Gasteiger charge is 2.49. The summed E-state index contributed by atoms with van der Waals surface area (Å²) >= 11 is 43.1. The molecule has 0 bridgehead atoms. The first kappa shape index (κ1) is 29.0. The van der Waals surface area contributed by atoms with Gasteiger partial charge in [-0.05, 0) is 42.8 Å². The van der Waals surface area contributed by atoms with Crippen molar-refractivity contribution in [1.82, 2.24) is 10.0 Å². The number of Topliss-reactive ketones (excluding diaryl/α,β-unsaturated/α-hetero) is 1. The van der Waals surface area contributed by atoms with E-state index in [0.29, 0.717) is 10.0 Å². The molecule has 38 heavy (non-hydrogen) atoms. The fourth-order valence-corrected chi connectivity index (χ4v) is 5.50. The number of hydrazine groups is 1. The number of amides is 3. The Labute approximate surface area is 251 Å². The molecule has 0 aromatic heterocycles. The molecule has 4 rings (SSSR count). The Morgan fingerprint density at radius 1 is 0.763 bits per heavy atom. The number of benzene rings is 3. The van der Waals surface area contributed by atoms with Gasteiger partial charge in [-0.3, -0.25) is 19.2 Å². The largest absolute Gasteiger partial charge is 0.292 e. The van der Waals surface area contributed by atoms with Crippen LogP contribution < -0.4 is 0 Å². The summed E-state index contributed by atoms with van der Waals surface area (Å²) in [6.07, 6.45) is -0.143. The molecule has 0 spiro atoms. The van der Waals surface area contributed by atoms with E-state index in [1.807, 2.05) is 0 Å². The lowest BCUT2D eigenvalue weighted by Gasteiger charge is -2.36. The predicted molar refractivity (Wildman–Crippen MR) is 150 cm³/mol. The van der Waals surface area contributed by atoms with Gasteiger partial charge in [-0.1, -0.05) is 81.7 Å². The SMILES string of the molecule is O=C(c1ccc(Cl)cc1)[C@H](CCCl)N(C(=O)c1ccccc1Cl)N1C(=O)c2c(Cl)c(Cl)c(Cl)c(Cl)c2C1=O. The van der Waals surface area contributed by atoms with E-state index >= 15 is 0 Å². The molecule has 0 radical (unpaired) electrons. The first-order valence-electron chi connectivity index (χ1n) is 10.7. The van der Waals surface area contributed by atoms with Crippen molar-refractivity contribution in [3.63, 3.8) is 0 Å². The molecule has 3 amide bonds. The summed E-state index contributed by atoms with van der Waals surface area (Å²) in [5.74, 6) is -3.74. The summed E-state index contributed by atoms with van der Waals surface area (Å²) in [5.41, 5.74) is -0.657. The van der Waals surface area contributed by atoms with Crippen molar-refractivity contribution in [3.05, 3.63) is 101 Å². The van der Waals surface area contributed by atoms with E-state index < -0.39 is 29.5 Å². The number of nitrogens with zero attached hydrogens (tertiary/aromatic N) is 2. The Bertz CT molecular complexity index is 1450. The van der Waals surface area contributed by atoms with Gasteiger partial charge in [0.2, 0.25) is 0 Å². The van der Waals surface area contributed by atoms with Gasteiger partial charge < -0.3 is 0 Å². The number of rotatable bonds is 7. The fourth-order valence-electron chi connectivity index (χ4n) is 3.94. The van der Waals surface area contributed by atoms with Crippen LogP contribution in [-0.4, -0.2) is 45.4 Å². The van der Waals surface area contributed by atoms with E-state index in [-0.39, 0.29) is 59.7 Å². The van der Waals surface area contributed by atoms with E-state index in [1.165, 1.54) is 42.5 Å². The van der Waals surface area contributed by atoms with Crippen LogP contribution in [0.4, 0.5) is 0 Å². The first-order chi connectivity index (χ1) is 18.0. The maximum atomic E-state index is 14.0. The molecule has 13 heteroatoms. The number of fused-ring (bicyclic) bond motifs is 1. The Morgan fingerprint density at radius 2 is 1.29 bits per heavy atom. The third-order valence-electron chi connectivity index (χ3n) is 5.72. The van der Waals surface area contributed by atoms with Gasteiger partial charge in [0.05, 0.1) is 41.8 Å². The second-order valence-electron chi connectivity index (χ2n) is 7.92. The Balaban J connectivity index is 1.94. The highest BCUT2D eigenvalue weighted by Crippen LogP contribution is 2.45. The summed E-state index contributed by atoms with van der Waals surface area (Å²) in [6, 6.07) is 10.4. The number of ketones is 1. The van der Waals surface area contributed by atoms with Crippen molar-refractivity contribution in [2.24, 2.45) is 0 Å². The van der Waals surface area contributed by atoms with Crippen molar-refractivity contribution >= 4 is 105 Å². The minimum Gasteiger partial charge on any atom is -0.292 e. The predicted octanol–water partition coefficient (Wildman–Crippen LogP) is 8.14. The third kappa shape index (κ3) is 5.00. The lowest BCUT2D eigenvalue weighted by atomic mass is 10.0. The molecule has 6 nitrogen and oxygen atoms in total. The molecule has 0 saturated carbocycles. The van der Waals surface area contributed by atoms with E-state index in [2.05, 4.69) is 0 Å². The molecule has 0 fully saturated rings. The monoisotopic (exact) mass is 650 g/mol. The molecular formula is C25H13Cl7N2O4. The zero-order valence-corrected chi connectivity index (χ0v) is 24.1. The van der Waals surface area contributed by atoms with Crippen molar-refractivity contribution < 1.29 is 19.2 Å². The minimum absolute atomic E-state index is 0.0184. The van der Waals surface area contributed by atoms with Crippen LogP contribution >= 0.6 is 81.2 Å². The molecule has 1 atom stereocenters. The minimum atomic E-state index is -1.43. The van der Waals surface area contributed by atoms with Crippen LogP contribution in [0.15, 0.2) is 48.5 Å². The highest BCUT2D eigenvalue weighted by atomic mass is 35.5. The summed E-state index contributed by atoms with van der Waals surface area (Å²) in [4.78, 5) is 55.1. The summed E-state index contributed by atoms with van der Waals surface area (Å²) in [5, 5.41) is 0.436. The molecule has 1 aliphatic heterocycles. The van der Waals surface area contributed by atoms with Gasteiger partial charge in [0.25, 0.3) is 17.7 Å². The van der Waals surface area contributed by atoms with Gasteiger partial charge in [0.15, 0.2) is 5.78 Å². The van der Waals surface area contributed by atoms with Crippen LogP contribution in [0, 0.1) is 0 Å². The molecule has 1 aliphatic rings. The molecule has 0 unspecified atom stereocenters. The molecule has 1 heterocycles. The summed E-state index contributed by atoms with van der Waals surface area (Å²) < 4.78 is 0. The van der Waals surface area contributed by atoms with Gasteiger partial charge in [-0.25, -0.2) is 5.01 Å². The summed E-state index contributed by atoms with van der Waals surface area (Å²) in [7, 11) is 0. The normalized spacial score (nSPS) is 13.5. The molecule has 0 N–H and O–H groups in total. The third-order valence-corrected chi connectivity index (χ3v) is 8.32. The zero-order chi connectivity index (χ0) is 27.9. The van der Waals surface area contributed by atoms with Crippen LogP contribution in [0.25, 0.3) is 0 Å². The molecule has 0 aliphatic carbocycles. The van der Waals surface area contributed by atoms with Crippen molar-refractivity contribution in [3.8, 4) is 0 Å². The van der Waals surface area contributed by atoms with Crippen molar-refractivity contribution in [1.29, 1.82) is 0 Å². The van der Waals surface area contributed by atoms with Crippen molar-refractivity contribution in [2.75, 3.05) is 5.88 Å². The number of hydrogen-bond acceptors (Lipinski definition) is 4. The summed E-state index contributed by atoms with van der Waals surface area (Å²) in [6.45, 7) is 0. The number of hydrogen-bond donors (Lipinski definition) is 0. The Kier molecular flexibility index (Phi) is 8.85. The van der Waals surface area contributed by atoms with Crippen LogP contribution in [0.2, 0.25) is 30.1 Å². The lowest BCUT2D eigenvalue weighted by Crippen LogP contribution is -2.57. The van der Waals surface area contributed by atoms with Crippen molar-refractivity contribution in [2.45, 2.75) is 12.5 Å². The molecule has 3 aromatic carbocycles. The second-order valence-corrected chi connectivity index (χ2v) is 10.7. The van der Waals surface area contributed by atoms with Gasteiger partial charge in [-0.2, -0.15) is 5.01 Å². The van der Waals surface area contributed by atoms with E-state index in [9.17, 15) is 19.2 Å². The average molecular weight is 654 g/mol. The maximum absolute atomic E-state index is 14.0. The zero-order valence-electron chi connectivity index (χ0n) is 18.8. The van der Waals surface area contributed by atoms with Gasteiger partial charge in [0.1, 0.15) is 6.04 Å². The number of alkyl halides is 1. The van der Waals surface area contributed by atoms with Crippen LogP contribution in [0.5, 0.6) is 0 Å². The quantitative estimate of drug-likeness (QED) is 0.0849. The lowest BCUT2D eigenvalue weighted by molar-refractivity contribution is -0.00959. The van der Waals surface area contributed by atoms with E-state index in [1.54, 1.807) is 6.07 Å². The van der Waals surface area contributed by atoms with Gasteiger partial charge in [-0.15, -0.1) is 11.6 Å². The number of imide groups is 1. The first-order valence-corrected chi connectivity index (χ1v) is 13.5. The molecule has 0 saturated heterocycles. The smallest absolute Gasteiger partial charge is 0.282 e. The Morgan fingerprint density at radius 3 is 1.79 bits per heavy atom. The highest BCUT2D eigenvalue weighted by molar-refractivity contribution is 6.55. The van der Waals surface area contributed by atoms with Crippen LogP contribution in [0.1, 0.15) is 47.9 Å². The van der Waals surface area contributed by atoms with E-state index in [4.69, 9.17) is 81.2 Å². The van der Waals surface area contributed by atoms with Gasteiger partial charge >= 0.3 is 0 Å². The maximum Gasteiger partial charge on any atom is 0.282 e. The topological polar surface area (TPSA) is 74.8 Å². The average Bonchev–Trinajstić information content (AvgIpc) is 3.16. The molecule has 196 valence electrons. The van der Waals surface area contributed by atoms with Gasteiger partial charge in [0, 0.05) is 16.5 Å². The number of carbonyl (C=O) groups excluding carboxylic acids is 4.